The van der Waals surface area contributed by atoms with Gasteiger partial charge in [0.25, 0.3) is 0 Å². The Kier molecular flexibility index (Phi) is 5.96. The minimum Gasteiger partial charge on any atom is -0.352 e. The van der Waals surface area contributed by atoms with E-state index in [4.69, 9.17) is 0 Å². The lowest BCUT2D eigenvalue weighted by atomic mass is 9.82. The lowest BCUT2D eigenvalue weighted by Crippen LogP contribution is -2.47. The molecule has 2 unspecified atom stereocenters. The van der Waals surface area contributed by atoms with Crippen molar-refractivity contribution in [2.45, 2.75) is 32.0 Å². The molecule has 1 aliphatic rings. The molecule has 3 rings (SSSR count). The molecule has 0 radical (unpaired) electrons. The van der Waals surface area contributed by atoms with Gasteiger partial charge in [-0.05, 0) is 23.8 Å². The highest BCUT2D eigenvalue weighted by Crippen LogP contribution is 2.33. The highest BCUT2D eigenvalue weighted by atomic mass is 19.4. The van der Waals surface area contributed by atoms with Gasteiger partial charge < -0.3 is 10.2 Å². The quantitative estimate of drug-likeness (QED) is 0.640. The van der Waals surface area contributed by atoms with Crippen LogP contribution >= 0.6 is 0 Å². The van der Waals surface area contributed by atoms with E-state index in [1.807, 2.05) is 6.07 Å². The first-order valence-corrected chi connectivity index (χ1v) is 9.40. The van der Waals surface area contributed by atoms with E-state index < -0.39 is 11.9 Å². The molecule has 5 nitrogen and oxygen atoms in total. The van der Waals surface area contributed by atoms with Crippen LogP contribution in [-0.2, 0) is 19.8 Å². The van der Waals surface area contributed by atoms with E-state index >= 15 is 0 Å². The first-order chi connectivity index (χ1) is 13.3. The number of aliphatic imine (C=N–C) groups is 1. The van der Waals surface area contributed by atoms with Crippen molar-refractivity contribution >= 4 is 5.96 Å². The highest BCUT2D eigenvalue weighted by molar-refractivity contribution is 5.80. The average molecular weight is 393 g/mol. The van der Waals surface area contributed by atoms with Crippen LogP contribution in [-0.4, -0.2) is 40.8 Å². The molecule has 1 aromatic carbocycles. The summed E-state index contributed by atoms with van der Waals surface area (Å²) in [6, 6.07) is 10.4. The summed E-state index contributed by atoms with van der Waals surface area (Å²) in [5, 5.41) is 6.63. The zero-order valence-electron chi connectivity index (χ0n) is 16.4. The average Bonchev–Trinajstić information content (AvgIpc) is 3.04. The minimum atomic E-state index is -4.47. The predicted octanol–water partition coefficient (Wildman–Crippen LogP) is 3.64. The number of rotatable bonds is 3. The molecule has 152 valence electrons. The van der Waals surface area contributed by atoms with Crippen LogP contribution in [0.3, 0.4) is 0 Å². The number of piperidine rings is 1. The second-order valence-corrected chi connectivity index (χ2v) is 7.30. The normalized spacial score (nSPS) is 21.1. The number of nitrogens with one attached hydrogen (secondary N) is 1. The van der Waals surface area contributed by atoms with Crippen molar-refractivity contribution in [3.8, 4) is 0 Å². The first-order valence-electron chi connectivity index (χ1n) is 9.40. The third-order valence-electron chi connectivity index (χ3n) is 5.25. The van der Waals surface area contributed by atoms with Gasteiger partial charge in [-0.1, -0.05) is 37.3 Å². The third-order valence-corrected chi connectivity index (χ3v) is 5.25. The van der Waals surface area contributed by atoms with Crippen molar-refractivity contribution in [2.75, 3.05) is 20.1 Å². The molecule has 0 amide bonds. The number of benzene rings is 1. The number of hydrogen-bond donors (Lipinski definition) is 1. The summed E-state index contributed by atoms with van der Waals surface area (Å²) >= 11 is 0. The van der Waals surface area contributed by atoms with Gasteiger partial charge in [0.15, 0.2) is 11.7 Å². The summed E-state index contributed by atoms with van der Waals surface area (Å²) in [4.78, 5) is 6.40. The van der Waals surface area contributed by atoms with E-state index in [2.05, 4.69) is 51.5 Å². The summed E-state index contributed by atoms with van der Waals surface area (Å²) in [5.74, 6) is 1.51. The molecule has 0 bridgehead atoms. The van der Waals surface area contributed by atoms with Gasteiger partial charge in [-0.3, -0.25) is 9.67 Å². The molecule has 28 heavy (non-hydrogen) atoms. The van der Waals surface area contributed by atoms with Crippen LogP contribution in [0.1, 0.15) is 36.1 Å². The largest absolute Gasteiger partial charge is 0.435 e. The van der Waals surface area contributed by atoms with Crippen LogP contribution in [0.4, 0.5) is 13.2 Å². The summed E-state index contributed by atoms with van der Waals surface area (Å²) in [6.45, 7) is 3.85. The van der Waals surface area contributed by atoms with Crippen LogP contribution in [0, 0.1) is 5.92 Å². The Labute approximate surface area is 163 Å². The molecule has 0 spiro atoms. The van der Waals surface area contributed by atoms with Gasteiger partial charge in [-0.15, -0.1) is 0 Å². The van der Waals surface area contributed by atoms with E-state index in [0.29, 0.717) is 17.8 Å². The second-order valence-electron chi connectivity index (χ2n) is 7.30. The standard InChI is InChI=1S/C20H26F3N5/c1-14-12-28(10-9-17(14)15-7-5-4-6-8-15)19(24-2)25-11-16-13-27(3)26-18(16)20(21,22)23/h4-8,13-14,17H,9-12H2,1-3H3,(H,24,25). The maximum absolute atomic E-state index is 13.1. The number of alkyl halides is 3. The van der Waals surface area contributed by atoms with Crippen molar-refractivity contribution in [1.29, 1.82) is 0 Å². The topological polar surface area (TPSA) is 45.5 Å². The van der Waals surface area contributed by atoms with Gasteiger partial charge in [0.05, 0.1) is 0 Å². The summed E-state index contributed by atoms with van der Waals surface area (Å²) in [6.07, 6.45) is -2.09. The predicted molar refractivity (Wildman–Crippen MR) is 103 cm³/mol. The fourth-order valence-electron chi connectivity index (χ4n) is 3.95. The lowest BCUT2D eigenvalue weighted by molar-refractivity contribution is -0.142. The zero-order chi connectivity index (χ0) is 20.3. The van der Waals surface area contributed by atoms with Crippen molar-refractivity contribution < 1.29 is 13.2 Å². The molecule has 0 aliphatic carbocycles. The Bertz CT molecular complexity index is 813. The molecular formula is C20H26F3N5. The number of aryl methyl sites for hydroxylation is 1. The maximum Gasteiger partial charge on any atom is 0.435 e. The molecular weight excluding hydrogens is 367 g/mol. The van der Waals surface area contributed by atoms with Crippen LogP contribution in [0.5, 0.6) is 0 Å². The van der Waals surface area contributed by atoms with Gasteiger partial charge in [0.2, 0.25) is 0 Å². The zero-order valence-corrected chi connectivity index (χ0v) is 16.4. The first kappa shape index (κ1) is 20.2. The molecule has 8 heteroatoms. The summed E-state index contributed by atoms with van der Waals surface area (Å²) < 4.78 is 40.6. The van der Waals surface area contributed by atoms with E-state index in [-0.39, 0.29) is 12.1 Å². The molecule has 2 atom stereocenters. The van der Waals surface area contributed by atoms with E-state index in [0.717, 1.165) is 19.5 Å². The second kappa shape index (κ2) is 8.24. The van der Waals surface area contributed by atoms with Crippen LogP contribution in [0.2, 0.25) is 0 Å². The van der Waals surface area contributed by atoms with E-state index in [9.17, 15) is 13.2 Å². The molecule has 1 aliphatic heterocycles. The summed E-state index contributed by atoms with van der Waals surface area (Å²) in [5.41, 5.74) is 0.597. The van der Waals surface area contributed by atoms with Crippen LogP contribution < -0.4 is 5.32 Å². The SMILES string of the molecule is CN=C(NCc1cn(C)nc1C(F)(F)F)N1CCC(c2ccccc2)C(C)C1. The van der Waals surface area contributed by atoms with Crippen molar-refractivity contribution in [1.82, 2.24) is 20.0 Å². The van der Waals surface area contributed by atoms with Crippen LogP contribution in [0.15, 0.2) is 41.5 Å². The molecule has 2 aromatic rings. The third kappa shape index (κ3) is 4.48. The van der Waals surface area contributed by atoms with E-state index in [1.54, 1.807) is 7.05 Å². The minimum absolute atomic E-state index is 0.0301. The van der Waals surface area contributed by atoms with E-state index in [1.165, 1.54) is 23.5 Å². The number of hydrogen-bond acceptors (Lipinski definition) is 2. The smallest absolute Gasteiger partial charge is 0.352 e. The van der Waals surface area contributed by atoms with Gasteiger partial charge in [-0.2, -0.15) is 18.3 Å². The van der Waals surface area contributed by atoms with Gasteiger partial charge >= 0.3 is 6.18 Å². The Morgan fingerprint density at radius 3 is 2.61 bits per heavy atom. The molecule has 1 aromatic heterocycles. The summed E-state index contributed by atoms with van der Waals surface area (Å²) in [7, 11) is 3.15. The Hall–Kier alpha value is -2.51. The lowest BCUT2D eigenvalue weighted by Gasteiger charge is -2.39. The van der Waals surface area contributed by atoms with Crippen molar-refractivity contribution in [3.63, 3.8) is 0 Å². The number of guanidine groups is 1. The number of nitrogens with zero attached hydrogens (tertiary/aromatic N) is 4. The molecule has 1 N–H and O–H groups in total. The molecule has 1 fully saturated rings. The molecule has 2 heterocycles. The molecule has 0 saturated carbocycles. The monoisotopic (exact) mass is 393 g/mol. The van der Waals surface area contributed by atoms with Crippen molar-refractivity contribution in [2.24, 2.45) is 18.0 Å². The van der Waals surface area contributed by atoms with Gasteiger partial charge in [0.1, 0.15) is 0 Å². The number of halogens is 3. The number of aromatic nitrogens is 2. The Morgan fingerprint density at radius 1 is 1.29 bits per heavy atom. The fraction of sp³-hybridized carbons (Fsp3) is 0.500. The van der Waals surface area contributed by atoms with Crippen molar-refractivity contribution in [3.05, 3.63) is 53.3 Å². The maximum atomic E-state index is 13.1. The van der Waals surface area contributed by atoms with Gasteiger partial charge in [-0.25, -0.2) is 0 Å². The van der Waals surface area contributed by atoms with Crippen LogP contribution in [0.25, 0.3) is 0 Å². The molecule has 1 saturated heterocycles. The Morgan fingerprint density at radius 2 is 2.00 bits per heavy atom. The fourth-order valence-corrected chi connectivity index (χ4v) is 3.95. The number of likely N-dealkylation sites (tertiary alicyclic amines) is 1. The Balaban J connectivity index is 1.64. The van der Waals surface area contributed by atoms with Gasteiger partial charge in [0, 0.05) is 45.5 Å². The highest BCUT2D eigenvalue weighted by Gasteiger charge is 2.37.